The van der Waals surface area contributed by atoms with Crippen molar-refractivity contribution in [3.05, 3.63) is 42.0 Å². The van der Waals surface area contributed by atoms with Crippen LogP contribution in [0.1, 0.15) is 36.9 Å². The van der Waals surface area contributed by atoms with Gasteiger partial charge < -0.3 is 4.55 Å². The Hall–Kier alpha value is -2.13. The van der Waals surface area contributed by atoms with E-state index in [4.69, 9.17) is 0 Å². The van der Waals surface area contributed by atoms with E-state index in [1.807, 2.05) is 13.0 Å². The molecular formula is C17H15F3N4OS. The lowest BCUT2D eigenvalue weighted by Crippen LogP contribution is -2.12. The van der Waals surface area contributed by atoms with Crippen LogP contribution in [0.15, 0.2) is 35.6 Å². The molecule has 26 heavy (non-hydrogen) atoms. The number of halogens is 3. The maximum atomic E-state index is 12.8. The molecule has 1 unspecified atom stereocenters. The van der Waals surface area contributed by atoms with Crippen molar-refractivity contribution in [3.63, 3.8) is 0 Å². The molecule has 136 valence electrons. The molecule has 0 N–H and O–H groups in total. The van der Waals surface area contributed by atoms with E-state index in [-0.39, 0.29) is 5.52 Å². The van der Waals surface area contributed by atoms with Crippen LogP contribution in [0, 0.1) is 0 Å². The van der Waals surface area contributed by atoms with Gasteiger partial charge in [-0.25, -0.2) is 9.67 Å². The SMILES string of the molecule is CC[S+]([O-])c1cc(C2CC2)cnc1-n1cc2cnc(C(F)(F)F)cc2n1. The van der Waals surface area contributed by atoms with Crippen molar-refractivity contribution in [2.24, 2.45) is 0 Å². The Morgan fingerprint density at radius 2 is 2.00 bits per heavy atom. The smallest absolute Gasteiger partial charge is 0.433 e. The van der Waals surface area contributed by atoms with Crippen LogP contribution in [0.2, 0.25) is 0 Å². The molecule has 1 fully saturated rings. The Morgan fingerprint density at radius 1 is 1.23 bits per heavy atom. The van der Waals surface area contributed by atoms with Crippen LogP contribution < -0.4 is 0 Å². The first-order chi connectivity index (χ1) is 12.4. The van der Waals surface area contributed by atoms with Crippen molar-refractivity contribution in [2.75, 3.05) is 5.75 Å². The first kappa shape index (κ1) is 17.3. The van der Waals surface area contributed by atoms with Gasteiger partial charge in [0.25, 0.3) is 0 Å². The zero-order valence-electron chi connectivity index (χ0n) is 13.8. The molecule has 0 bridgehead atoms. The van der Waals surface area contributed by atoms with Crippen LogP contribution >= 0.6 is 0 Å². The molecule has 1 aliphatic carbocycles. The largest absolute Gasteiger partial charge is 0.611 e. The highest BCUT2D eigenvalue weighted by Gasteiger charge is 2.33. The van der Waals surface area contributed by atoms with Crippen molar-refractivity contribution in [1.29, 1.82) is 0 Å². The van der Waals surface area contributed by atoms with Gasteiger partial charge in [0.05, 0.1) is 5.52 Å². The Kier molecular flexibility index (Phi) is 4.15. The molecule has 0 amide bonds. The number of aromatic nitrogens is 4. The average molecular weight is 380 g/mol. The summed E-state index contributed by atoms with van der Waals surface area (Å²) in [5.41, 5.74) is 0.210. The predicted octanol–water partition coefficient (Wildman–Crippen LogP) is 3.84. The van der Waals surface area contributed by atoms with Crippen molar-refractivity contribution in [1.82, 2.24) is 19.7 Å². The van der Waals surface area contributed by atoms with E-state index in [1.54, 1.807) is 12.4 Å². The summed E-state index contributed by atoms with van der Waals surface area (Å²) in [7, 11) is 0. The average Bonchev–Trinajstić information content (AvgIpc) is 3.38. The molecule has 0 aromatic carbocycles. The summed E-state index contributed by atoms with van der Waals surface area (Å²) in [4.78, 5) is 8.41. The second-order valence-corrected chi connectivity index (χ2v) is 7.91. The number of rotatable bonds is 4. The number of pyridine rings is 2. The Morgan fingerprint density at radius 3 is 2.65 bits per heavy atom. The van der Waals surface area contributed by atoms with Gasteiger partial charge in [-0.15, -0.1) is 0 Å². The second-order valence-electron chi connectivity index (χ2n) is 6.20. The molecule has 0 saturated heterocycles. The summed E-state index contributed by atoms with van der Waals surface area (Å²) in [6.45, 7) is 1.81. The molecule has 1 atom stereocenters. The van der Waals surface area contributed by atoms with Gasteiger partial charge in [-0.2, -0.15) is 18.3 Å². The monoisotopic (exact) mass is 380 g/mol. The summed E-state index contributed by atoms with van der Waals surface area (Å²) >= 11 is -1.26. The summed E-state index contributed by atoms with van der Waals surface area (Å²) < 4.78 is 52.4. The van der Waals surface area contributed by atoms with Crippen LogP contribution in [0.5, 0.6) is 0 Å². The predicted molar refractivity (Wildman–Crippen MR) is 90.6 cm³/mol. The summed E-state index contributed by atoms with van der Waals surface area (Å²) in [6.07, 6.45) is 2.08. The molecule has 5 nitrogen and oxygen atoms in total. The van der Waals surface area contributed by atoms with Gasteiger partial charge in [-0.05, 0) is 48.5 Å². The minimum atomic E-state index is -4.53. The molecular weight excluding hydrogens is 365 g/mol. The zero-order chi connectivity index (χ0) is 18.5. The maximum Gasteiger partial charge on any atom is 0.433 e. The van der Waals surface area contributed by atoms with Crippen molar-refractivity contribution in [3.8, 4) is 5.82 Å². The summed E-state index contributed by atoms with van der Waals surface area (Å²) in [5.74, 6) is 1.25. The van der Waals surface area contributed by atoms with E-state index in [1.165, 1.54) is 4.68 Å². The van der Waals surface area contributed by atoms with Gasteiger partial charge in [0.1, 0.15) is 11.4 Å². The third-order valence-corrected chi connectivity index (χ3v) is 5.62. The fourth-order valence-electron chi connectivity index (χ4n) is 2.77. The van der Waals surface area contributed by atoms with E-state index in [2.05, 4.69) is 15.1 Å². The number of fused-ring (bicyclic) bond motifs is 1. The van der Waals surface area contributed by atoms with Crippen LogP contribution in [-0.4, -0.2) is 30.1 Å². The van der Waals surface area contributed by atoms with Gasteiger partial charge in [-0.3, -0.25) is 4.98 Å². The van der Waals surface area contributed by atoms with Gasteiger partial charge in [0.2, 0.25) is 5.82 Å². The van der Waals surface area contributed by atoms with Crippen LogP contribution in [0.3, 0.4) is 0 Å². The molecule has 3 heterocycles. The topological polar surface area (TPSA) is 66.7 Å². The van der Waals surface area contributed by atoms with Crippen LogP contribution in [0.4, 0.5) is 13.2 Å². The van der Waals surface area contributed by atoms with E-state index < -0.39 is 23.0 Å². The van der Waals surface area contributed by atoms with Gasteiger partial charge >= 0.3 is 6.18 Å². The Bertz CT molecular complexity index is 968. The van der Waals surface area contributed by atoms with E-state index in [0.29, 0.717) is 27.8 Å². The fourth-order valence-corrected chi connectivity index (χ4v) is 3.70. The highest BCUT2D eigenvalue weighted by atomic mass is 32.2. The Balaban J connectivity index is 1.81. The molecule has 0 radical (unpaired) electrons. The molecule has 1 saturated carbocycles. The second kappa shape index (κ2) is 6.24. The van der Waals surface area contributed by atoms with E-state index in [0.717, 1.165) is 30.7 Å². The summed E-state index contributed by atoms with van der Waals surface area (Å²) in [6, 6.07) is 2.78. The molecule has 4 rings (SSSR count). The van der Waals surface area contributed by atoms with Crippen molar-refractivity contribution < 1.29 is 17.7 Å². The van der Waals surface area contributed by atoms with Crippen molar-refractivity contribution in [2.45, 2.75) is 36.8 Å². The van der Waals surface area contributed by atoms with Crippen LogP contribution in [-0.2, 0) is 17.4 Å². The number of nitrogens with zero attached hydrogens (tertiary/aromatic N) is 4. The Labute approximate surface area is 150 Å². The number of hydrogen-bond donors (Lipinski definition) is 0. The number of alkyl halides is 3. The van der Waals surface area contributed by atoms with E-state index in [9.17, 15) is 17.7 Å². The lowest BCUT2D eigenvalue weighted by molar-refractivity contribution is -0.141. The fraction of sp³-hybridized carbons (Fsp3) is 0.353. The number of hydrogen-bond acceptors (Lipinski definition) is 4. The highest BCUT2D eigenvalue weighted by molar-refractivity contribution is 7.91. The molecule has 0 aliphatic heterocycles. The lowest BCUT2D eigenvalue weighted by atomic mass is 10.2. The summed E-state index contributed by atoms with van der Waals surface area (Å²) in [5, 5.41) is 4.66. The van der Waals surface area contributed by atoms with Gasteiger partial charge in [0.15, 0.2) is 4.90 Å². The van der Waals surface area contributed by atoms with Crippen LogP contribution in [0.25, 0.3) is 16.7 Å². The molecule has 9 heteroatoms. The first-order valence-corrected chi connectivity index (χ1v) is 9.50. The van der Waals surface area contributed by atoms with Gasteiger partial charge in [0, 0.05) is 30.0 Å². The molecule has 3 aromatic rings. The molecule has 1 aliphatic rings. The lowest BCUT2D eigenvalue weighted by Gasteiger charge is -2.13. The third kappa shape index (κ3) is 3.16. The molecule has 0 spiro atoms. The normalized spacial score (nSPS) is 16.2. The first-order valence-electron chi connectivity index (χ1n) is 8.18. The maximum absolute atomic E-state index is 12.8. The van der Waals surface area contributed by atoms with Gasteiger partial charge in [-0.1, -0.05) is 0 Å². The third-order valence-electron chi connectivity index (χ3n) is 4.31. The highest BCUT2D eigenvalue weighted by Crippen LogP contribution is 2.41. The van der Waals surface area contributed by atoms with E-state index >= 15 is 0 Å². The zero-order valence-corrected chi connectivity index (χ0v) is 14.6. The molecule has 3 aromatic heterocycles. The minimum Gasteiger partial charge on any atom is -0.611 e. The quantitative estimate of drug-likeness (QED) is 0.645. The van der Waals surface area contributed by atoms with Crippen molar-refractivity contribution >= 4 is 22.1 Å². The standard InChI is InChI=1S/C17H15F3N4OS/c1-2-26(25)14-5-11(10-3-4-10)7-22-16(14)24-9-12-8-21-15(17(18,19)20)6-13(12)23-24/h5-10H,2-4H2,1H3. The minimum absolute atomic E-state index is 0.161.